The average Bonchev–Trinajstić information content (AvgIpc) is 2.91. The van der Waals surface area contributed by atoms with Crippen molar-refractivity contribution in [1.29, 1.82) is 0 Å². The molecule has 6 heteroatoms. The molecule has 0 amide bonds. The molecule has 0 heterocycles. The van der Waals surface area contributed by atoms with Gasteiger partial charge >= 0.3 is 0 Å². The monoisotopic (exact) mass is 347 g/mol. The van der Waals surface area contributed by atoms with Crippen LogP contribution in [0.4, 0.5) is 0 Å². The van der Waals surface area contributed by atoms with Crippen LogP contribution in [0.15, 0.2) is 47.4 Å². The van der Waals surface area contributed by atoms with E-state index in [-0.39, 0.29) is 11.4 Å². The van der Waals surface area contributed by atoms with Crippen LogP contribution in [0.25, 0.3) is 0 Å². The molecule has 128 valence electrons. The van der Waals surface area contributed by atoms with Gasteiger partial charge < -0.3 is 9.84 Å². The Kier molecular flexibility index (Phi) is 4.38. The standard InChI is InChI=1S/C18H21NO4S/c1-13-11-15(7-8-17(13)23-2)24(21,22)19-12-18(20)10-9-14-5-3-4-6-16(14)18/h3-8,11,19-20H,9-10,12H2,1-2H3/t18-/m0/s1. The van der Waals surface area contributed by atoms with E-state index in [1.165, 1.54) is 6.07 Å². The van der Waals surface area contributed by atoms with E-state index in [1.54, 1.807) is 26.2 Å². The number of hydrogen-bond acceptors (Lipinski definition) is 4. The number of nitrogens with one attached hydrogen (secondary N) is 1. The summed E-state index contributed by atoms with van der Waals surface area (Å²) >= 11 is 0. The summed E-state index contributed by atoms with van der Waals surface area (Å²) < 4.78 is 32.8. The highest BCUT2D eigenvalue weighted by Gasteiger charge is 2.37. The summed E-state index contributed by atoms with van der Waals surface area (Å²) in [6, 6.07) is 12.3. The fraction of sp³-hybridized carbons (Fsp3) is 0.333. The van der Waals surface area contributed by atoms with Gasteiger partial charge in [0, 0.05) is 6.54 Å². The summed E-state index contributed by atoms with van der Waals surface area (Å²) in [7, 11) is -2.16. The third-order valence-corrected chi connectivity index (χ3v) is 5.96. The van der Waals surface area contributed by atoms with Crippen molar-refractivity contribution in [3.05, 3.63) is 59.2 Å². The van der Waals surface area contributed by atoms with Gasteiger partial charge in [0.25, 0.3) is 0 Å². The van der Waals surface area contributed by atoms with Crippen molar-refractivity contribution in [2.45, 2.75) is 30.3 Å². The highest BCUT2D eigenvalue weighted by molar-refractivity contribution is 7.89. The van der Waals surface area contributed by atoms with Gasteiger partial charge in [0.2, 0.25) is 10.0 Å². The van der Waals surface area contributed by atoms with Crippen LogP contribution in [0.2, 0.25) is 0 Å². The molecule has 0 unspecified atom stereocenters. The first-order chi connectivity index (χ1) is 11.4. The van der Waals surface area contributed by atoms with Crippen molar-refractivity contribution >= 4 is 10.0 Å². The smallest absolute Gasteiger partial charge is 0.240 e. The molecular weight excluding hydrogens is 326 g/mol. The van der Waals surface area contributed by atoms with E-state index in [4.69, 9.17) is 4.74 Å². The molecule has 0 saturated carbocycles. The van der Waals surface area contributed by atoms with Crippen LogP contribution in [-0.4, -0.2) is 27.2 Å². The van der Waals surface area contributed by atoms with Crippen molar-refractivity contribution in [1.82, 2.24) is 4.72 Å². The van der Waals surface area contributed by atoms with Gasteiger partial charge in [-0.05, 0) is 54.7 Å². The zero-order chi connectivity index (χ0) is 17.4. The molecule has 0 saturated heterocycles. The molecule has 5 nitrogen and oxygen atoms in total. The fourth-order valence-corrected chi connectivity index (χ4v) is 4.34. The summed E-state index contributed by atoms with van der Waals surface area (Å²) in [5.74, 6) is 0.636. The Morgan fingerprint density at radius 1 is 1.25 bits per heavy atom. The van der Waals surface area contributed by atoms with Crippen LogP contribution >= 0.6 is 0 Å². The predicted molar refractivity (Wildman–Crippen MR) is 91.6 cm³/mol. The number of ether oxygens (including phenoxy) is 1. The normalized spacial score (nSPS) is 20.0. The van der Waals surface area contributed by atoms with Crippen molar-refractivity contribution in [2.75, 3.05) is 13.7 Å². The van der Waals surface area contributed by atoms with Crippen molar-refractivity contribution < 1.29 is 18.3 Å². The summed E-state index contributed by atoms with van der Waals surface area (Å²) in [5.41, 5.74) is 1.45. The molecule has 1 aliphatic rings. The summed E-state index contributed by atoms with van der Waals surface area (Å²) in [4.78, 5) is 0.163. The van der Waals surface area contributed by atoms with Gasteiger partial charge in [-0.25, -0.2) is 13.1 Å². The highest BCUT2D eigenvalue weighted by Crippen LogP contribution is 2.36. The van der Waals surface area contributed by atoms with Gasteiger partial charge in [-0.3, -0.25) is 0 Å². The van der Waals surface area contributed by atoms with E-state index >= 15 is 0 Å². The van der Waals surface area contributed by atoms with E-state index in [0.717, 1.165) is 23.1 Å². The molecule has 0 spiro atoms. The van der Waals surface area contributed by atoms with E-state index in [0.29, 0.717) is 12.2 Å². The second-order valence-corrected chi connectivity index (χ2v) is 7.91. The molecule has 0 bridgehead atoms. The molecule has 2 N–H and O–H groups in total. The number of rotatable bonds is 5. The number of aliphatic hydroxyl groups is 1. The Morgan fingerprint density at radius 2 is 2.00 bits per heavy atom. The molecule has 1 aliphatic carbocycles. The van der Waals surface area contributed by atoms with Crippen molar-refractivity contribution in [2.24, 2.45) is 0 Å². The van der Waals surface area contributed by atoms with Crippen LogP contribution in [0.3, 0.4) is 0 Å². The minimum Gasteiger partial charge on any atom is -0.496 e. The molecule has 0 fully saturated rings. The van der Waals surface area contributed by atoms with Crippen LogP contribution in [0.1, 0.15) is 23.1 Å². The second-order valence-electron chi connectivity index (χ2n) is 6.14. The predicted octanol–water partition coefficient (Wildman–Crippen LogP) is 2.12. The van der Waals surface area contributed by atoms with E-state index in [1.807, 2.05) is 24.3 Å². The number of sulfonamides is 1. The second kappa shape index (κ2) is 6.20. The van der Waals surface area contributed by atoms with E-state index in [9.17, 15) is 13.5 Å². The maximum absolute atomic E-state index is 12.5. The lowest BCUT2D eigenvalue weighted by Crippen LogP contribution is -2.39. The van der Waals surface area contributed by atoms with Gasteiger partial charge in [-0.15, -0.1) is 0 Å². The largest absolute Gasteiger partial charge is 0.496 e. The maximum Gasteiger partial charge on any atom is 0.240 e. The van der Waals surface area contributed by atoms with Gasteiger partial charge in [0.05, 0.1) is 12.0 Å². The lowest BCUT2D eigenvalue weighted by atomic mass is 9.96. The SMILES string of the molecule is COc1ccc(S(=O)(=O)NC[C@@]2(O)CCc3ccccc32)cc1C. The molecule has 2 aromatic rings. The highest BCUT2D eigenvalue weighted by atomic mass is 32.2. The molecule has 1 atom stereocenters. The first-order valence-electron chi connectivity index (χ1n) is 7.81. The minimum atomic E-state index is -3.70. The maximum atomic E-state index is 12.5. The Balaban J connectivity index is 1.80. The molecule has 24 heavy (non-hydrogen) atoms. The molecule has 3 rings (SSSR count). The summed E-state index contributed by atoms with van der Waals surface area (Å²) in [5, 5.41) is 10.8. The molecular formula is C18H21NO4S. The lowest BCUT2D eigenvalue weighted by Gasteiger charge is -2.24. The van der Waals surface area contributed by atoms with Crippen LogP contribution in [-0.2, 0) is 22.0 Å². The topological polar surface area (TPSA) is 75.6 Å². The molecule has 0 aromatic heterocycles. The van der Waals surface area contributed by atoms with E-state index < -0.39 is 15.6 Å². The summed E-state index contributed by atoms with van der Waals surface area (Å²) in [6.07, 6.45) is 1.26. The average molecular weight is 347 g/mol. The van der Waals surface area contributed by atoms with Crippen molar-refractivity contribution in [3.63, 3.8) is 0 Å². The minimum absolute atomic E-state index is 0.0442. The first-order valence-corrected chi connectivity index (χ1v) is 9.29. The summed E-state index contributed by atoms with van der Waals surface area (Å²) in [6.45, 7) is 1.75. The van der Waals surface area contributed by atoms with Gasteiger partial charge in [-0.2, -0.15) is 0 Å². The Morgan fingerprint density at radius 3 is 2.71 bits per heavy atom. The fourth-order valence-electron chi connectivity index (χ4n) is 3.17. The molecule has 2 aromatic carbocycles. The number of fused-ring (bicyclic) bond motifs is 1. The number of methoxy groups -OCH3 is 1. The van der Waals surface area contributed by atoms with Gasteiger partial charge in [0.15, 0.2) is 0 Å². The number of hydrogen-bond donors (Lipinski definition) is 2. The lowest BCUT2D eigenvalue weighted by molar-refractivity contribution is 0.0442. The van der Waals surface area contributed by atoms with Gasteiger partial charge in [-0.1, -0.05) is 24.3 Å². The molecule has 0 aliphatic heterocycles. The molecule has 0 radical (unpaired) electrons. The van der Waals surface area contributed by atoms with Crippen molar-refractivity contribution in [3.8, 4) is 5.75 Å². The zero-order valence-electron chi connectivity index (χ0n) is 13.7. The number of aryl methyl sites for hydroxylation is 2. The quantitative estimate of drug-likeness (QED) is 0.869. The third-order valence-electron chi connectivity index (χ3n) is 4.56. The number of benzene rings is 2. The Labute approximate surface area is 142 Å². The van der Waals surface area contributed by atoms with Crippen LogP contribution < -0.4 is 9.46 Å². The zero-order valence-corrected chi connectivity index (χ0v) is 14.6. The Bertz CT molecular complexity index is 863. The van der Waals surface area contributed by atoms with Crippen LogP contribution in [0.5, 0.6) is 5.75 Å². The first kappa shape index (κ1) is 17.0. The van der Waals surface area contributed by atoms with E-state index in [2.05, 4.69) is 4.72 Å². The van der Waals surface area contributed by atoms with Gasteiger partial charge in [0.1, 0.15) is 11.4 Å². The third kappa shape index (κ3) is 3.05. The Hall–Kier alpha value is -1.89. The van der Waals surface area contributed by atoms with Crippen LogP contribution in [0, 0.1) is 6.92 Å².